The fourth-order valence-electron chi connectivity index (χ4n) is 2.47. The predicted octanol–water partition coefficient (Wildman–Crippen LogP) is 1.95. The number of carbonyl (C=O) groups excluding carboxylic acids is 1. The van der Waals surface area contributed by atoms with Gasteiger partial charge in [0, 0.05) is 5.56 Å². The van der Waals surface area contributed by atoms with E-state index in [1.165, 1.54) is 0 Å². The highest BCUT2D eigenvalue weighted by molar-refractivity contribution is 5.99. The first kappa shape index (κ1) is 14.0. The molecule has 3 N–H and O–H groups in total. The molecular weight excluding hydrogens is 294 g/mol. The van der Waals surface area contributed by atoms with Gasteiger partial charge in [-0.25, -0.2) is 4.98 Å². The van der Waals surface area contributed by atoms with Crippen LogP contribution in [0.2, 0.25) is 0 Å². The lowest BCUT2D eigenvalue weighted by atomic mass is 10.1. The van der Waals surface area contributed by atoms with Crippen molar-refractivity contribution in [3.8, 4) is 22.8 Å². The van der Waals surface area contributed by atoms with E-state index in [0.29, 0.717) is 24.8 Å². The SMILES string of the molecule is NC1(C(=O)Nc2cccc(-c3ccc4c(c3)OCCO4)n2)CC1. The van der Waals surface area contributed by atoms with Crippen LogP contribution in [0.1, 0.15) is 12.8 Å². The zero-order valence-electron chi connectivity index (χ0n) is 12.5. The minimum absolute atomic E-state index is 0.177. The molecule has 0 spiro atoms. The maximum atomic E-state index is 12.0. The fourth-order valence-corrected chi connectivity index (χ4v) is 2.47. The molecule has 0 unspecified atom stereocenters. The summed E-state index contributed by atoms with van der Waals surface area (Å²) in [7, 11) is 0. The molecule has 0 radical (unpaired) electrons. The number of hydrogen-bond donors (Lipinski definition) is 2. The Hall–Kier alpha value is -2.60. The molecule has 118 valence electrons. The number of amides is 1. The summed E-state index contributed by atoms with van der Waals surface area (Å²) in [5, 5.41) is 2.79. The van der Waals surface area contributed by atoms with Gasteiger partial charge in [-0.2, -0.15) is 0 Å². The van der Waals surface area contributed by atoms with Crippen molar-refractivity contribution in [2.45, 2.75) is 18.4 Å². The second-order valence-corrected chi connectivity index (χ2v) is 5.88. The highest BCUT2D eigenvalue weighted by Crippen LogP contribution is 2.35. The standard InChI is InChI=1S/C17H17N3O3/c18-17(6-7-17)16(21)20-15-3-1-2-12(19-15)11-4-5-13-14(10-11)23-9-8-22-13/h1-5,10H,6-9,18H2,(H,19,20,21). The number of aromatic nitrogens is 1. The third-order valence-corrected chi connectivity index (χ3v) is 4.07. The molecule has 2 aliphatic rings. The first-order valence-electron chi connectivity index (χ1n) is 7.61. The third-order valence-electron chi connectivity index (χ3n) is 4.07. The van der Waals surface area contributed by atoms with Gasteiger partial charge < -0.3 is 20.5 Å². The molecule has 6 nitrogen and oxygen atoms in total. The van der Waals surface area contributed by atoms with Crippen molar-refractivity contribution in [3.05, 3.63) is 36.4 Å². The number of rotatable bonds is 3. The van der Waals surface area contributed by atoms with Crippen LogP contribution in [0.4, 0.5) is 5.82 Å². The maximum Gasteiger partial charge on any atom is 0.245 e. The average Bonchev–Trinajstić information content (AvgIpc) is 3.34. The molecule has 1 aromatic heterocycles. The van der Waals surface area contributed by atoms with Gasteiger partial charge in [-0.1, -0.05) is 6.07 Å². The van der Waals surface area contributed by atoms with Crippen LogP contribution >= 0.6 is 0 Å². The molecule has 1 aromatic carbocycles. The van der Waals surface area contributed by atoms with Crippen LogP contribution in [0.3, 0.4) is 0 Å². The van der Waals surface area contributed by atoms with E-state index in [1.54, 1.807) is 6.07 Å². The Bertz CT molecular complexity index is 771. The van der Waals surface area contributed by atoms with Gasteiger partial charge in [-0.05, 0) is 43.2 Å². The summed E-state index contributed by atoms with van der Waals surface area (Å²) >= 11 is 0. The summed E-state index contributed by atoms with van der Waals surface area (Å²) in [5.41, 5.74) is 6.83. The Morgan fingerprint density at radius 1 is 1.13 bits per heavy atom. The summed E-state index contributed by atoms with van der Waals surface area (Å²) < 4.78 is 11.1. The summed E-state index contributed by atoms with van der Waals surface area (Å²) in [4.78, 5) is 16.5. The predicted molar refractivity (Wildman–Crippen MR) is 85.4 cm³/mol. The van der Waals surface area contributed by atoms with E-state index in [4.69, 9.17) is 15.2 Å². The molecule has 0 saturated heterocycles. The van der Waals surface area contributed by atoms with Crippen molar-refractivity contribution in [1.82, 2.24) is 4.98 Å². The van der Waals surface area contributed by atoms with E-state index in [1.807, 2.05) is 30.3 Å². The zero-order valence-corrected chi connectivity index (χ0v) is 12.5. The van der Waals surface area contributed by atoms with E-state index < -0.39 is 5.54 Å². The Morgan fingerprint density at radius 2 is 1.91 bits per heavy atom. The average molecular weight is 311 g/mol. The number of carbonyl (C=O) groups is 1. The first-order valence-corrected chi connectivity index (χ1v) is 7.61. The van der Waals surface area contributed by atoms with Crippen LogP contribution in [0.15, 0.2) is 36.4 Å². The van der Waals surface area contributed by atoms with E-state index in [0.717, 1.165) is 29.8 Å². The molecule has 2 aromatic rings. The maximum absolute atomic E-state index is 12.0. The van der Waals surface area contributed by atoms with Crippen LogP contribution in [-0.4, -0.2) is 29.6 Å². The topological polar surface area (TPSA) is 86.5 Å². The number of ether oxygens (including phenoxy) is 2. The molecular formula is C17H17N3O3. The lowest BCUT2D eigenvalue weighted by molar-refractivity contribution is -0.118. The van der Waals surface area contributed by atoms with E-state index in [2.05, 4.69) is 10.3 Å². The third kappa shape index (κ3) is 2.73. The molecule has 1 fully saturated rings. The van der Waals surface area contributed by atoms with E-state index >= 15 is 0 Å². The normalized spacial score (nSPS) is 17.4. The summed E-state index contributed by atoms with van der Waals surface area (Å²) in [6.45, 7) is 1.10. The van der Waals surface area contributed by atoms with Crippen molar-refractivity contribution < 1.29 is 14.3 Å². The largest absolute Gasteiger partial charge is 0.486 e. The molecule has 6 heteroatoms. The van der Waals surface area contributed by atoms with Gasteiger partial charge in [0.15, 0.2) is 11.5 Å². The number of fused-ring (bicyclic) bond motifs is 1. The summed E-state index contributed by atoms with van der Waals surface area (Å²) in [6, 6.07) is 11.2. The van der Waals surface area contributed by atoms with Crippen molar-refractivity contribution in [3.63, 3.8) is 0 Å². The lowest BCUT2D eigenvalue weighted by Gasteiger charge is -2.18. The highest BCUT2D eigenvalue weighted by atomic mass is 16.6. The van der Waals surface area contributed by atoms with Crippen molar-refractivity contribution in [2.75, 3.05) is 18.5 Å². The van der Waals surface area contributed by atoms with Crippen molar-refractivity contribution in [1.29, 1.82) is 0 Å². The highest BCUT2D eigenvalue weighted by Gasteiger charge is 2.46. The van der Waals surface area contributed by atoms with Crippen LogP contribution in [-0.2, 0) is 4.79 Å². The molecule has 4 rings (SSSR count). The lowest BCUT2D eigenvalue weighted by Crippen LogP contribution is -2.38. The molecule has 1 aliphatic carbocycles. The van der Waals surface area contributed by atoms with E-state index in [-0.39, 0.29) is 5.91 Å². The monoisotopic (exact) mass is 311 g/mol. The van der Waals surface area contributed by atoms with Gasteiger partial charge in [0.25, 0.3) is 0 Å². The van der Waals surface area contributed by atoms with Gasteiger partial charge in [0.05, 0.1) is 11.2 Å². The molecule has 1 aliphatic heterocycles. The fraction of sp³-hybridized carbons (Fsp3) is 0.294. The Morgan fingerprint density at radius 3 is 2.70 bits per heavy atom. The second-order valence-electron chi connectivity index (χ2n) is 5.88. The Kier molecular flexibility index (Phi) is 3.20. The van der Waals surface area contributed by atoms with Crippen molar-refractivity contribution in [2.24, 2.45) is 5.73 Å². The van der Waals surface area contributed by atoms with Crippen LogP contribution in [0.25, 0.3) is 11.3 Å². The molecule has 1 amide bonds. The van der Waals surface area contributed by atoms with E-state index in [9.17, 15) is 4.79 Å². The van der Waals surface area contributed by atoms with Crippen LogP contribution in [0, 0.1) is 0 Å². The molecule has 2 heterocycles. The number of nitrogens with one attached hydrogen (secondary N) is 1. The minimum atomic E-state index is -0.714. The van der Waals surface area contributed by atoms with Gasteiger partial charge in [0.2, 0.25) is 5.91 Å². The Labute approximate surface area is 133 Å². The number of benzene rings is 1. The van der Waals surface area contributed by atoms with Crippen molar-refractivity contribution >= 4 is 11.7 Å². The van der Waals surface area contributed by atoms with Gasteiger partial charge in [0.1, 0.15) is 19.0 Å². The van der Waals surface area contributed by atoms with Gasteiger partial charge in [-0.15, -0.1) is 0 Å². The van der Waals surface area contributed by atoms with Gasteiger partial charge in [-0.3, -0.25) is 4.79 Å². The van der Waals surface area contributed by atoms with Gasteiger partial charge >= 0.3 is 0 Å². The number of pyridine rings is 1. The second kappa shape index (κ2) is 5.24. The number of hydrogen-bond acceptors (Lipinski definition) is 5. The number of anilines is 1. The number of nitrogens with two attached hydrogens (primary N) is 1. The molecule has 23 heavy (non-hydrogen) atoms. The minimum Gasteiger partial charge on any atom is -0.486 e. The first-order chi connectivity index (χ1) is 11.1. The molecule has 0 atom stereocenters. The zero-order chi connectivity index (χ0) is 15.9. The van der Waals surface area contributed by atoms with Crippen LogP contribution in [0.5, 0.6) is 11.5 Å². The smallest absolute Gasteiger partial charge is 0.245 e. The number of nitrogens with zero attached hydrogens (tertiary/aromatic N) is 1. The summed E-state index contributed by atoms with van der Waals surface area (Å²) in [5.74, 6) is 1.77. The Balaban J connectivity index is 1.59. The molecule has 0 bridgehead atoms. The molecule has 1 saturated carbocycles. The van der Waals surface area contributed by atoms with Crippen LogP contribution < -0.4 is 20.5 Å². The quantitative estimate of drug-likeness (QED) is 0.905. The summed E-state index contributed by atoms with van der Waals surface area (Å²) in [6.07, 6.45) is 1.45.